The molecule has 2 atom stereocenters. The lowest BCUT2D eigenvalue weighted by Crippen LogP contribution is -2.57. The molecule has 2 aliphatic heterocycles. The lowest BCUT2D eigenvalue weighted by Gasteiger charge is -2.43. The van der Waals surface area contributed by atoms with Gasteiger partial charge in [0.25, 0.3) is 6.43 Å². The summed E-state index contributed by atoms with van der Waals surface area (Å²) in [6, 6.07) is 8.53. The number of hydrogen-bond acceptors (Lipinski definition) is 8. The Kier molecular flexibility index (Phi) is 5.03. The topological polar surface area (TPSA) is 100 Å². The molecule has 4 heterocycles. The number of aromatic hydroxyl groups is 1. The molecule has 0 saturated carbocycles. The molecule has 3 aromatic rings. The number of carbonyl (C=O) groups is 1. The number of hydrogen-bond donors (Lipinski definition) is 2. The number of halogens is 3. The molecular weight excluding hydrogens is 439 g/mol. The highest BCUT2D eigenvalue weighted by atomic mass is 19.3. The van der Waals surface area contributed by atoms with Gasteiger partial charge >= 0.3 is 0 Å². The van der Waals surface area contributed by atoms with Crippen LogP contribution in [0.2, 0.25) is 0 Å². The molecule has 5 rings (SSSR count). The van der Waals surface area contributed by atoms with Crippen LogP contribution in [-0.2, 0) is 0 Å². The summed E-state index contributed by atoms with van der Waals surface area (Å²) in [5.41, 5.74) is -0.589. The van der Waals surface area contributed by atoms with Gasteiger partial charge in [-0.25, -0.2) is 18.2 Å². The monoisotopic (exact) mass is 457 g/mol. The van der Waals surface area contributed by atoms with E-state index in [2.05, 4.69) is 20.5 Å². The molecule has 1 fully saturated rings. The van der Waals surface area contributed by atoms with Gasteiger partial charge in [0.05, 0.1) is 17.9 Å². The SMILES string of the molecule is O=Cc1ccc(O[C@H]2CN3c4cc(-c5cccc(F)c5O)nnc4NC[C@@]3(C(F)F)C2)nc1. The van der Waals surface area contributed by atoms with Crippen molar-refractivity contribution in [2.45, 2.75) is 24.5 Å². The number of pyridine rings is 1. The molecular formula is C22H18F3N5O3. The van der Waals surface area contributed by atoms with Gasteiger partial charge in [-0.1, -0.05) is 6.07 Å². The zero-order valence-corrected chi connectivity index (χ0v) is 17.1. The van der Waals surface area contributed by atoms with E-state index < -0.39 is 29.6 Å². The summed E-state index contributed by atoms with van der Waals surface area (Å²) >= 11 is 0. The van der Waals surface area contributed by atoms with E-state index in [0.717, 1.165) is 6.07 Å². The van der Waals surface area contributed by atoms with E-state index in [1.165, 1.54) is 41.4 Å². The number of alkyl halides is 2. The Bertz CT molecular complexity index is 1210. The van der Waals surface area contributed by atoms with Crippen LogP contribution < -0.4 is 15.0 Å². The number of aldehydes is 1. The van der Waals surface area contributed by atoms with Crippen molar-refractivity contribution in [3.8, 4) is 22.9 Å². The van der Waals surface area contributed by atoms with Gasteiger partial charge in [-0.05, 0) is 24.3 Å². The predicted molar refractivity (Wildman–Crippen MR) is 112 cm³/mol. The lowest BCUT2D eigenvalue weighted by molar-refractivity contribution is 0.0529. The summed E-state index contributed by atoms with van der Waals surface area (Å²) in [4.78, 5) is 16.4. The van der Waals surface area contributed by atoms with Gasteiger partial charge < -0.3 is 20.1 Å². The van der Waals surface area contributed by atoms with Crippen molar-refractivity contribution in [3.05, 3.63) is 54.0 Å². The predicted octanol–water partition coefficient (Wildman–Crippen LogP) is 3.28. The van der Waals surface area contributed by atoms with Crippen molar-refractivity contribution < 1.29 is 27.8 Å². The molecule has 1 saturated heterocycles. The Morgan fingerprint density at radius 1 is 1.27 bits per heavy atom. The number of carbonyl (C=O) groups excluding carboxylic acids is 1. The summed E-state index contributed by atoms with van der Waals surface area (Å²) in [7, 11) is 0. The average molecular weight is 457 g/mol. The molecule has 2 aromatic heterocycles. The van der Waals surface area contributed by atoms with Crippen LogP contribution in [0.3, 0.4) is 0 Å². The number of fused-ring (bicyclic) bond motifs is 3. The third-order valence-corrected chi connectivity index (χ3v) is 5.98. The van der Waals surface area contributed by atoms with Gasteiger partial charge in [0.1, 0.15) is 11.6 Å². The normalized spacial score (nSPS) is 21.3. The van der Waals surface area contributed by atoms with Crippen LogP contribution in [0.4, 0.5) is 24.7 Å². The first-order chi connectivity index (χ1) is 15.9. The van der Waals surface area contributed by atoms with E-state index in [-0.39, 0.29) is 36.6 Å². The number of anilines is 2. The smallest absolute Gasteiger partial charge is 0.263 e. The summed E-state index contributed by atoms with van der Waals surface area (Å²) in [5.74, 6) is -0.890. The Labute approximate surface area is 186 Å². The first-order valence-electron chi connectivity index (χ1n) is 10.1. The molecule has 33 heavy (non-hydrogen) atoms. The molecule has 2 N–H and O–H groups in total. The summed E-state index contributed by atoms with van der Waals surface area (Å²) in [5, 5.41) is 21.1. The van der Waals surface area contributed by atoms with E-state index >= 15 is 0 Å². The maximum absolute atomic E-state index is 14.4. The number of rotatable bonds is 5. The number of benzene rings is 1. The van der Waals surface area contributed by atoms with E-state index in [1.54, 1.807) is 0 Å². The number of nitrogens with zero attached hydrogens (tertiary/aromatic N) is 4. The zero-order valence-electron chi connectivity index (χ0n) is 17.1. The van der Waals surface area contributed by atoms with Crippen molar-refractivity contribution >= 4 is 17.8 Å². The van der Waals surface area contributed by atoms with E-state index in [9.17, 15) is 23.1 Å². The minimum atomic E-state index is -2.71. The fraction of sp³-hybridized carbons (Fsp3) is 0.273. The molecule has 170 valence electrons. The number of para-hydroxylation sites is 1. The number of ether oxygens (including phenoxy) is 1. The second-order valence-corrected chi connectivity index (χ2v) is 7.96. The molecule has 0 bridgehead atoms. The highest BCUT2D eigenvalue weighted by Gasteiger charge is 2.56. The number of phenols is 1. The highest BCUT2D eigenvalue weighted by molar-refractivity contribution is 5.78. The van der Waals surface area contributed by atoms with Gasteiger partial charge in [-0.2, -0.15) is 0 Å². The molecule has 0 radical (unpaired) electrons. The largest absolute Gasteiger partial charge is 0.504 e. The average Bonchev–Trinajstić information content (AvgIpc) is 3.21. The summed E-state index contributed by atoms with van der Waals surface area (Å²) in [6.45, 7) is 0.0463. The Hall–Kier alpha value is -3.89. The first-order valence-corrected chi connectivity index (χ1v) is 10.1. The Morgan fingerprint density at radius 3 is 2.85 bits per heavy atom. The van der Waals surface area contributed by atoms with Crippen LogP contribution >= 0.6 is 0 Å². The van der Waals surface area contributed by atoms with Crippen LogP contribution in [0, 0.1) is 5.82 Å². The fourth-order valence-electron chi connectivity index (χ4n) is 4.33. The van der Waals surface area contributed by atoms with E-state index in [1.807, 2.05) is 0 Å². The maximum Gasteiger partial charge on any atom is 0.263 e. The van der Waals surface area contributed by atoms with Gasteiger partial charge in [0.15, 0.2) is 23.7 Å². The van der Waals surface area contributed by atoms with Gasteiger partial charge in [-0.3, -0.25) is 4.79 Å². The number of aromatic nitrogens is 3. The molecule has 0 unspecified atom stereocenters. The van der Waals surface area contributed by atoms with E-state index in [4.69, 9.17) is 4.74 Å². The standard InChI is InChI=1S/C22H18F3N5O3/c23-15-3-1-2-14(19(15)32)16-6-17-20(29-28-16)27-11-22(21(24)25)7-13(9-30(17)22)33-18-5-4-12(10-31)8-26-18/h1-6,8,10,13,21,32H,7,9,11H2,(H,27,29)/t13-,22-/m1/s1. The second-order valence-electron chi connectivity index (χ2n) is 7.96. The lowest BCUT2D eigenvalue weighted by atomic mass is 9.93. The van der Waals surface area contributed by atoms with Gasteiger partial charge in [0, 0.05) is 36.4 Å². The van der Waals surface area contributed by atoms with Crippen LogP contribution in [0.25, 0.3) is 11.3 Å². The van der Waals surface area contributed by atoms with Gasteiger partial charge in [0.2, 0.25) is 5.88 Å². The quantitative estimate of drug-likeness (QED) is 0.563. The minimum absolute atomic E-state index is 0.0110. The highest BCUT2D eigenvalue weighted by Crippen LogP contribution is 2.46. The molecule has 2 aliphatic rings. The van der Waals surface area contributed by atoms with Crippen LogP contribution in [0.5, 0.6) is 11.6 Å². The van der Waals surface area contributed by atoms with E-state index in [0.29, 0.717) is 23.4 Å². The Morgan fingerprint density at radius 2 is 2.12 bits per heavy atom. The van der Waals surface area contributed by atoms with Crippen LogP contribution in [0.1, 0.15) is 16.8 Å². The second kappa shape index (κ2) is 7.91. The third-order valence-electron chi connectivity index (χ3n) is 5.98. The van der Waals surface area contributed by atoms with Crippen LogP contribution in [0.15, 0.2) is 42.6 Å². The molecule has 8 nitrogen and oxygen atoms in total. The van der Waals surface area contributed by atoms with Crippen molar-refractivity contribution in [3.63, 3.8) is 0 Å². The molecule has 0 spiro atoms. The van der Waals surface area contributed by atoms with Crippen molar-refractivity contribution in [1.82, 2.24) is 15.2 Å². The summed E-state index contributed by atoms with van der Waals surface area (Å²) in [6.07, 6.45) is -1.32. The molecule has 0 aliphatic carbocycles. The Balaban J connectivity index is 1.49. The third kappa shape index (κ3) is 3.49. The molecule has 11 heteroatoms. The number of phenolic OH excluding ortho intramolecular Hbond substituents is 1. The van der Waals surface area contributed by atoms with Crippen molar-refractivity contribution in [2.24, 2.45) is 0 Å². The molecule has 1 aromatic carbocycles. The van der Waals surface area contributed by atoms with Crippen molar-refractivity contribution in [1.29, 1.82) is 0 Å². The zero-order chi connectivity index (χ0) is 23.2. The van der Waals surface area contributed by atoms with Crippen LogP contribution in [-0.4, -0.2) is 57.7 Å². The fourth-order valence-corrected chi connectivity index (χ4v) is 4.33. The maximum atomic E-state index is 14.4. The number of nitrogens with one attached hydrogen (secondary N) is 1. The van der Waals surface area contributed by atoms with Crippen molar-refractivity contribution in [2.75, 3.05) is 23.3 Å². The summed E-state index contributed by atoms with van der Waals surface area (Å²) < 4.78 is 48.5. The first kappa shape index (κ1) is 21.0. The van der Waals surface area contributed by atoms with Gasteiger partial charge in [-0.15, -0.1) is 10.2 Å². The molecule has 0 amide bonds. The minimum Gasteiger partial charge on any atom is -0.504 e.